The highest BCUT2D eigenvalue weighted by atomic mass is 16.2. The van der Waals surface area contributed by atoms with Crippen LogP contribution in [0.25, 0.3) is 0 Å². The van der Waals surface area contributed by atoms with E-state index in [2.05, 4.69) is 22.9 Å². The van der Waals surface area contributed by atoms with E-state index in [0.29, 0.717) is 6.54 Å². The Labute approximate surface area is 134 Å². The van der Waals surface area contributed by atoms with Gasteiger partial charge in [-0.3, -0.25) is 9.59 Å². The average Bonchev–Trinajstić information content (AvgIpc) is 2.56. The summed E-state index contributed by atoms with van der Waals surface area (Å²) in [4.78, 5) is 25.3. The second-order valence-corrected chi connectivity index (χ2v) is 6.77. The van der Waals surface area contributed by atoms with E-state index in [1.807, 2.05) is 0 Å². The van der Waals surface area contributed by atoms with Crippen LogP contribution in [-0.4, -0.2) is 37.0 Å². The molecule has 2 amide bonds. The van der Waals surface area contributed by atoms with Crippen LogP contribution in [0.1, 0.15) is 64.7 Å². The molecule has 0 unspecified atom stereocenters. The largest absolute Gasteiger partial charge is 0.354 e. The molecule has 5 heteroatoms. The highest BCUT2D eigenvalue weighted by Gasteiger charge is 2.41. The third-order valence-corrected chi connectivity index (χ3v) is 5.03. The predicted octanol–water partition coefficient (Wildman–Crippen LogP) is 1.72. The SMILES string of the molecule is CCCCNC(=O)C1(NC(=O)C2CCNCC2)CCCCC1. The molecule has 22 heavy (non-hydrogen) atoms. The summed E-state index contributed by atoms with van der Waals surface area (Å²) in [6.07, 6.45) is 8.56. The smallest absolute Gasteiger partial charge is 0.245 e. The molecule has 2 rings (SSSR count). The summed E-state index contributed by atoms with van der Waals surface area (Å²) in [7, 11) is 0. The number of carbonyl (C=O) groups excluding carboxylic acids is 2. The molecule has 0 bridgehead atoms. The van der Waals surface area contributed by atoms with E-state index >= 15 is 0 Å². The maximum atomic E-state index is 12.7. The van der Waals surface area contributed by atoms with Crippen LogP contribution < -0.4 is 16.0 Å². The van der Waals surface area contributed by atoms with Crippen molar-refractivity contribution in [3.8, 4) is 0 Å². The Morgan fingerprint density at radius 3 is 2.45 bits per heavy atom. The summed E-state index contributed by atoms with van der Waals surface area (Å²) in [5.74, 6) is 0.167. The van der Waals surface area contributed by atoms with Crippen LogP contribution in [0, 0.1) is 5.92 Å². The maximum absolute atomic E-state index is 12.7. The molecule has 0 radical (unpaired) electrons. The van der Waals surface area contributed by atoms with Crippen molar-refractivity contribution >= 4 is 11.8 Å². The Kier molecular flexibility index (Phi) is 6.68. The van der Waals surface area contributed by atoms with Gasteiger partial charge in [0.15, 0.2) is 0 Å². The highest BCUT2D eigenvalue weighted by molar-refractivity contribution is 5.92. The average molecular weight is 309 g/mol. The van der Waals surface area contributed by atoms with E-state index < -0.39 is 5.54 Å². The molecule has 1 saturated carbocycles. The predicted molar refractivity (Wildman–Crippen MR) is 87.5 cm³/mol. The summed E-state index contributed by atoms with van der Waals surface area (Å²) in [6.45, 7) is 4.61. The maximum Gasteiger partial charge on any atom is 0.245 e. The van der Waals surface area contributed by atoms with Crippen molar-refractivity contribution in [3.05, 3.63) is 0 Å². The highest BCUT2D eigenvalue weighted by Crippen LogP contribution is 2.29. The van der Waals surface area contributed by atoms with Crippen molar-refractivity contribution in [2.45, 2.75) is 70.3 Å². The molecule has 0 atom stereocenters. The summed E-state index contributed by atoms with van der Waals surface area (Å²) in [5, 5.41) is 9.47. The summed E-state index contributed by atoms with van der Waals surface area (Å²) >= 11 is 0. The Bertz CT molecular complexity index is 372. The van der Waals surface area contributed by atoms with Gasteiger partial charge in [-0.05, 0) is 45.2 Å². The van der Waals surface area contributed by atoms with Gasteiger partial charge in [0.1, 0.15) is 5.54 Å². The van der Waals surface area contributed by atoms with Gasteiger partial charge in [-0.2, -0.15) is 0 Å². The van der Waals surface area contributed by atoms with Crippen molar-refractivity contribution in [3.63, 3.8) is 0 Å². The molecule has 2 fully saturated rings. The van der Waals surface area contributed by atoms with Crippen molar-refractivity contribution in [1.82, 2.24) is 16.0 Å². The number of hydrogen-bond donors (Lipinski definition) is 3. The van der Waals surface area contributed by atoms with Crippen LogP contribution >= 0.6 is 0 Å². The lowest BCUT2D eigenvalue weighted by Crippen LogP contribution is -2.61. The van der Waals surface area contributed by atoms with Crippen LogP contribution in [0.5, 0.6) is 0 Å². The normalized spacial score (nSPS) is 22.0. The molecule has 2 aliphatic rings. The molecule has 3 N–H and O–H groups in total. The summed E-state index contributed by atoms with van der Waals surface area (Å²) in [5.41, 5.74) is -0.659. The fourth-order valence-corrected chi connectivity index (χ4v) is 3.53. The van der Waals surface area contributed by atoms with E-state index in [0.717, 1.165) is 70.9 Å². The van der Waals surface area contributed by atoms with Gasteiger partial charge >= 0.3 is 0 Å². The third-order valence-electron chi connectivity index (χ3n) is 5.03. The first-order chi connectivity index (χ1) is 10.7. The van der Waals surface area contributed by atoms with Gasteiger partial charge < -0.3 is 16.0 Å². The first kappa shape index (κ1) is 17.3. The fourth-order valence-electron chi connectivity index (χ4n) is 3.53. The standard InChI is InChI=1S/C17H31N3O2/c1-2-3-11-19-16(22)17(9-5-4-6-10-17)20-15(21)14-7-12-18-13-8-14/h14,18H,2-13H2,1H3,(H,19,22)(H,20,21). The molecule has 126 valence electrons. The van der Waals surface area contributed by atoms with Gasteiger partial charge in [0.05, 0.1) is 0 Å². The van der Waals surface area contributed by atoms with Crippen molar-refractivity contribution < 1.29 is 9.59 Å². The second-order valence-electron chi connectivity index (χ2n) is 6.77. The van der Waals surface area contributed by atoms with E-state index in [1.54, 1.807) is 0 Å². The molecule has 0 aromatic carbocycles. The second kappa shape index (κ2) is 8.51. The lowest BCUT2D eigenvalue weighted by Gasteiger charge is -2.38. The Morgan fingerprint density at radius 2 is 1.82 bits per heavy atom. The van der Waals surface area contributed by atoms with E-state index in [9.17, 15) is 9.59 Å². The lowest BCUT2D eigenvalue weighted by molar-refractivity contribution is -0.137. The quantitative estimate of drug-likeness (QED) is 0.654. The molecule has 5 nitrogen and oxygen atoms in total. The Balaban J connectivity index is 1.97. The van der Waals surface area contributed by atoms with Gasteiger partial charge in [0, 0.05) is 12.5 Å². The first-order valence-corrected chi connectivity index (χ1v) is 8.99. The van der Waals surface area contributed by atoms with Crippen LogP contribution in [0.4, 0.5) is 0 Å². The number of amides is 2. The molecule has 1 heterocycles. The number of piperidine rings is 1. The minimum Gasteiger partial charge on any atom is -0.354 e. The van der Waals surface area contributed by atoms with E-state index in [-0.39, 0.29) is 17.7 Å². The van der Waals surface area contributed by atoms with Gasteiger partial charge in [0.2, 0.25) is 11.8 Å². The van der Waals surface area contributed by atoms with Gasteiger partial charge in [-0.1, -0.05) is 32.6 Å². The molecular weight excluding hydrogens is 278 g/mol. The lowest BCUT2D eigenvalue weighted by atomic mass is 9.80. The Morgan fingerprint density at radius 1 is 1.14 bits per heavy atom. The van der Waals surface area contributed by atoms with Gasteiger partial charge in [0.25, 0.3) is 0 Å². The number of nitrogens with one attached hydrogen (secondary N) is 3. The van der Waals surface area contributed by atoms with Crippen molar-refractivity contribution in [2.75, 3.05) is 19.6 Å². The zero-order chi connectivity index (χ0) is 15.8. The third kappa shape index (κ3) is 4.45. The minimum atomic E-state index is -0.659. The molecule has 1 aliphatic heterocycles. The monoisotopic (exact) mass is 309 g/mol. The zero-order valence-electron chi connectivity index (χ0n) is 13.9. The van der Waals surface area contributed by atoms with Crippen molar-refractivity contribution in [1.29, 1.82) is 0 Å². The molecule has 0 aromatic rings. The van der Waals surface area contributed by atoms with Gasteiger partial charge in [-0.25, -0.2) is 0 Å². The first-order valence-electron chi connectivity index (χ1n) is 8.99. The number of hydrogen-bond acceptors (Lipinski definition) is 3. The number of unbranched alkanes of at least 4 members (excludes halogenated alkanes) is 1. The minimum absolute atomic E-state index is 0.0305. The van der Waals surface area contributed by atoms with Crippen molar-refractivity contribution in [2.24, 2.45) is 5.92 Å². The Hall–Kier alpha value is -1.10. The van der Waals surface area contributed by atoms with Crippen LogP contribution in [0.3, 0.4) is 0 Å². The topological polar surface area (TPSA) is 70.2 Å². The van der Waals surface area contributed by atoms with Crippen LogP contribution in [0.2, 0.25) is 0 Å². The zero-order valence-corrected chi connectivity index (χ0v) is 13.9. The molecular formula is C17H31N3O2. The fraction of sp³-hybridized carbons (Fsp3) is 0.882. The molecule has 1 aliphatic carbocycles. The van der Waals surface area contributed by atoms with E-state index in [4.69, 9.17) is 0 Å². The molecule has 1 saturated heterocycles. The van der Waals surface area contributed by atoms with Crippen LogP contribution in [0.15, 0.2) is 0 Å². The summed E-state index contributed by atoms with van der Waals surface area (Å²) < 4.78 is 0. The summed E-state index contributed by atoms with van der Waals surface area (Å²) in [6, 6.07) is 0. The van der Waals surface area contributed by atoms with Gasteiger partial charge in [-0.15, -0.1) is 0 Å². The molecule has 0 spiro atoms. The number of carbonyl (C=O) groups is 2. The number of rotatable bonds is 6. The van der Waals surface area contributed by atoms with Crippen LogP contribution in [-0.2, 0) is 9.59 Å². The molecule has 0 aromatic heterocycles. The van der Waals surface area contributed by atoms with E-state index in [1.165, 1.54) is 0 Å².